The van der Waals surface area contributed by atoms with Crippen LogP contribution in [-0.2, 0) is 11.3 Å². The van der Waals surface area contributed by atoms with Crippen molar-refractivity contribution in [2.75, 3.05) is 6.54 Å². The Morgan fingerprint density at radius 2 is 2.09 bits per heavy atom. The molecule has 0 radical (unpaired) electrons. The molecular formula is C17H17BrN2O2. The van der Waals surface area contributed by atoms with Gasteiger partial charge in [0.15, 0.2) is 0 Å². The first-order valence-electron chi connectivity index (χ1n) is 7.33. The van der Waals surface area contributed by atoms with Crippen molar-refractivity contribution < 1.29 is 9.53 Å². The van der Waals surface area contributed by atoms with E-state index < -0.39 is 0 Å². The Hall–Kier alpha value is -1.88. The molecule has 3 rings (SSSR count). The quantitative estimate of drug-likeness (QED) is 0.765. The molecule has 1 aromatic heterocycles. The second kappa shape index (κ2) is 6.92. The van der Waals surface area contributed by atoms with Gasteiger partial charge in [0, 0.05) is 18.3 Å². The third-order valence-corrected chi connectivity index (χ3v) is 4.50. The zero-order valence-corrected chi connectivity index (χ0v) is 13.7. The lowest BCUT2D eigenvalue weighted by Gasteiger charge is -2.24. The SMILES string of the molecule is O=C(OCc1ccccc1)N1CCCC1c1cccnc1Br. The van der Waals surface area contributed by atoms with Crippen molar-refractivity contribution in [3.63, 3.8) is 0 Å². The van der Waals surface area contributed by atoms with Crippen molar-refractivity contribution in [3.8, 4) is 0 Å². The van der Waals surface area contributed by atoms with Crippen molar-refractivity contribution in [3.05, 3.63) is 64.4 Å². The Morgan fingerprint density at radius 1 is 1.27 bits per heavy atom. The molecule has 0 saturated carbocycles. The number of rotatable bonds is 3. The fourth-order valence-electron chi connectivity index (χ4n) is 2.76. The van der Waals surface area contributed by atoms with Crippen molar-refractivity contribution in [2.45, 2.75) is 25.5 Å². The van der Waals surface area contributed by atoms with Gasteiger partial charge in [-0.3, -0.25) is 0 Å². The average molecular weight is 361 g/mol. The van der Waals surface area contributed by atoms with Crippen LogP contribution in [0.15, 0.2) is 53.3 Å². The summed E-state index contributed by atoms with van der Waals surface area (Å²) in [4.78, 5) is 18.4. The van der Waals surface area contributed by atoms with Crippen LogP contribution < -0.4 is 0 Å². The molecule has 1 aliphatic rings. The second-order valence-electron chi connectivity index (χ2n) is 5.28. The molecule has 5 heteroatoms. The molecule has 1 unspecified atom stereocenters. The molecule has 22 heavy (non-hydrogen) atoms. The summed E-state index contributed by atoms with van der Waals surface area (Å²) >= 11 is 3.47. The van der Waals surface area contributed by atoms with Crippen molar-refractivity contribution in [1.82, 2.24) is 9.88 Å². The van der Waals surface area contributed by atoms with E-state index in [1.807, 2.05) is 42.5 Å². The maximum absolute atomic E-state index is 12.4. The van der Waals surface area contributed by atoms with Crippen LogP contribution in [0.2, 0.25) is 0 Å². The second-order valence-corrected chi connectivity index (χ2v) is 6.03. The molecule has 0 aliphatic carbocycles. The van der Waals surface area contributed by atoms with Gasteiger partial charge in [-0.25, -0.2) is 9.78 Å². The highest BCUT2D eigenvalue weighted by molar-refractivity contribution is 9.10. The number of ether oxygens (including phenoxy) is 1. The topological polar surface area (TPSA) is 42.4 Å². The number of carbonyl (C=O) groups excluding carboxylic acids is 1. The van der Waals surface area contributed by atoms with E-state index in [9.17, 15) is 4.79 Å². The van der Waals surface area contributed by atoms with Gasteiger partial charge in [0.1, 0.15) is 11.2 Å². The van der Waals surface area contributed by atoms with Crippen LogP contribution in [-0.4, -0.2) is 22.5 Å². The Labute approximate surface area is 138 Å². The fraction of sp³-hybridized carbons (Fsp3) is 0.294. The first-order valence-corrected chi connectivity index (χ1v) is 8.13. The molecule has 2 heterocycles. The number of carbonyl (C=O) groups is 1. The lowest BCUT2D eigenvalue weighted by Crippen LogP contribution is -2.31. The van der Waals surface area contributed by atoms with Gasteiger partial charge < -0.3 is 9.64 Å². The van der Waals surface area contributed by atoms with E-state index in [-0.39, 0.29) is 12.1 Å². The number of hydrogen-bond acceptors (Lipinski definition) is 3. The van der Waals surface area contributed by atoms with Crippen LogP contribution in [0.25, 0.3) is 0 Å². The Balaban J connectivity index is 1.68. The van der Waals surface area contributed by atoms with E-state index in [2.05, 4.69) is 20.9 Å². The molecule has 1 amide bonds. The van der Waals surface area contributed by atoms with E-state index >= 15 is 0 Å². The summed E-state index contributed by atoms with van der Waals surface area (Å²) in [5, 5.41) is 0. The molecule has 114 valence electrons. The summed E-state index contributed by atoms with van der Waals surface area (Å²) < 4.78 is 6.25. The fourth-order valence-corrected chi connectivity index (χ4v) is 3.27. The maximum Gasteiger partial charge on any atom is 0.410 e. The smallest absolute Gasteiger partial charge is 0.410 e. The standard InChI is InChI=1S/C17H17BrN2O2/c18-16-14(8-4-10-19-16)15-9-5-11-20(15)17(21)22-12-13-6-2-1-3-7-13/h1-4,6-8,10,15H,5,9,11-12H2. The Kier molecular flexibility index (Phi) is 4.73. The number of aromatic nitrogens is 1. The minimum Gasteiger partial charge on any atom is -0.445 e. The molecule has 1 fully saturated rings. The van der Waals surface area contributed by atoms with E-state index in [1.165, 1.54) is 0 Å². The monoisotopic (exact) mass is 360 g/mol. The van der Waals surface area contributed by atoms with Crippen LogP contribution in [0.1, 0.15) is 30.0 Å². The van der Waals surface area contributed by atoms with Gasteiger partial charge >= 0.3 is 6.09 Å². The van der Waals surface area contributed by atoms with Crippen LogP contribution in [0.5, 0.6) is 0 Å². The average Bonchev–Trinajstić information content (AvgIpc) is 3.03. The highest BCUT2D eigenvalue weighted by Crippen LogP contribution is 2.35. The van der Waals surface area contributed by atoms with E-state index in [1.54, 1.807) is 11.1 Å². The van der Waals surface area contributed by atoms with E-state index in [0.717, 1.165) is 35.1 Å². The predicted octanol–water partition coefficient (Wildman–Crippen LogP) is 4.32. The van der Waals surface area contributed by atoms with Gasteiger partial charge in [-0.2, -0.15) is 0 Å². The van der Waals surface area contributed by atoms with Gasteiger partial charge in [0.25, 0.3) is 0 Å². The minimum absolute atomic E-state index is 0.0337. The largest absolute Gasteiger partial charge is 0.445 e. The van der Waals surface area contributed by atoms with Gasteiger partial charge in [-0.1, -0.05) is 36.4 Å². The Bertz CT molecular complexity index is 648. The summed E-state index contributed by atoms with van der Waals surface area (Å²) in [6.45, 7) is 1.02. The molecule has 4 nitrogen and oxygen atoms in total. The third-order valence-electron chi connectivity index (χ3n) is 3.84. The molecule has 2 aromatic rings. The van der Waals surface area contributed by atoms with Gasteiger partial charge in [-0.15, -0.1) is 0 Å². The number of nitrogens with zero attached hydrogens (tertiary/aromatic N) is 2. The lowest BCUT2D eigenvalue weighted by atomic mass is 10.1. The van der Waals surface area contributed by atoms with Crippen LogP contribution in [0.4, 0.5) is 4.79 Å². The number of pyridine rings is 1. The van der Waals surface area contributed by atoms with Crippen molar-refractivity contribution in [1.29, 1.82) is 0 Å². The molecule has 1 saturated heterocycles. The summed E-state index contributed by atoms with van der Waals surface area (Å²) in [5.41, 5.74) is 2.03. The summed E-state index contributed by atoms with van der Waals surface area (Å²) in [6.07, 6.45) is 3.39. The number of halogens is 1. The molecular weight excluding hydrogens is 344 g/mol. The molecule has 0 N–H and O–H groups in total. The zero-order chi connectivity index (χ0) is 15.4. The van der Waals surface area contributed by atoms with Crippen LogP contribution in [0.3, 0.4) is 0 Å². The normalized spacial score (nSPS) is 17.5. The number of likely N-dealkylation sites (tertiary alicyclic amines) is 1. The number of hydrogen-bond donors (Lipinski definition) is 0. The van der Waals surface area contributed by atoms with Gasteiger partial charge in [0.05, 0.1) is 6.04 Å². The molecule has 1 aliphatic heterocycles. The molecule has 0 bridgehead atoms. The van der Waals surface area contributed by atoms with Crippen molar-refractivity contribution in [2.24, 2.45) is 0 Å². The Morgan fingerprint density at radius 3 is 2.86 bits per heavy atom. The van der Waals surface area contributed by atoms with Crippen LogP contribution in [0, 0.1) is 0 Å². The molecule has 1 atom stereocenters. The lowest BCUT2D eigenvalue weighted by molar-refractivity contribution is 0.0919. The molecule has 0 spiro atoms. The third kappa shape index (κ3) is 3.30. The van der Waals surface area contributed by atoms with Crippen molar-refractivity contribution >= 4 is 22.0 Å². The van der Waals surface area contributed by atoms with Crippen LogP contribution >= 0.6 is 15.9 Å². The van der Waals surface area contributed by atoms with Gasteiger partial charge in [-0.05, 0) is 40.4 Å². The van der Waals surface area contributed by atoms with Gasteiger partial charge in [0.2, 0.25) is 0 Å². The molecule has 1 aromatic carbocycles. The highest BCUT2D eigenvalue weighted by atomic mass is 79.9. The highest BCUT2D eigenvalue weighted by Gasteiger charge is 2.32. The van der Waals surface area contributed by atoms with E-state index in [4.69, 9.17) is 4.74 Å². The maximum atomic E-state index is 12.4. The summed E-state index contributed by atoms with van der Waals surface area (Å²) in [6, 6.07) is 13.7. The summed E-state index contributed by atoms with van der Waals surface area (Å²) in [5.74, 6) is 0. The predicted molar refractivity (Wildman–Crippen MR) is 87.2 cm³/mol. The minimum atomic E-state index is -0.262. The van der Waals surface area contributed by atoms with E-state index in [0.29, 0.717) is 6.61 Å². The summed E-state index contributed by atoms with van der Waals surface area (Å²) in [7, 11) is 0. The number of benzene rings is 1. The zero-order valence-electron chi connectivity index (χ0n) is 12.1. The number of amides is 1. The first-order chi connectivity index (χ1) is 10.8. The first kappa shape index (κ1) is 15.0.